The predicted octanol–water partition coefficient (Wildman–Crippen LogP) is 4.57. The van der Waals surface area contributed by atoms with Gasteiger partial charge in [-0.25, -0.2) is 0 Å². The lowest BCUT2D eigenvalue weighted by atomic mass is 10.1. The Kier molecular flexibility index (Phi) is 5.32. The molecule has 21 heavy (non-hydrogen) atoms. The van der Waals surface area contributed by atoms with Crippen LogP contribution >= 0.6 is 11.8 Å². The third kappa shape index (κ3) is 5.82. The van der Waals surface area contributed by atoms with Gasteiger partial charge in [-0.1, -0.05) is 24.3 Å². The largest absolute Gasteiger partial charge is 0.508 e. The summed E-state index contributed by atoms with van der Waals surface area (Å²) in [5.41, 5.74) is 2.56. The van der Waals surface area contributed by atoms with Crippen LogP contribution in [0.4, 0.5) is 0 Å². The predicted molar refractivity (Wildman–Crippen MR) is 90.7 cm³/mol. The quantitative estimate of drug-likeness (QED) is 0.793. The van der Waals surface area contributed by atoms with Gasteiger partial charge in [-0.15, -0.1) is 11.8 Å². The Hall–Kier alpha value is -1.45. The molecule has 0 aliphatic heterocycles. The maximum Gasteiger partial charge on any atom is 0.115 e. The summed E-state index contributed by atoms with van der Waals surface area (Å²) in [5.74, 6) is 1.20. The van der Waals surface area contributed by atoms with E-state index in [1.807, 2.05) is 18.2 Å². The molecule has 0 aliphatic carbocycles. The number of phenols is 1. The lowest BCUT2D eigenvalue weighted by Gasteiger charge is -2.20. The first-order valence-corrected chi connectivity index (χ1v) is 8.16. The maximum atomic E-state index is 9.48. The highest BCUT2D eigenvalue weighted by molar-refractivity contribution is 7.98. The fourth-order valence-corrected chi connectivity index (χ4v) is 2.85. The number of phenolic OH excluding ortho intramolecular Hbond substituents is 1. The standard InChI is InChI=1S/C18H23NOS/c1-18(2,3)19-12-14-6-5-9-17(11-14)21-13-15-7-4-8-16(20)10-15/h4-11,19-20H,12-13H2,1-3H3. The Morgan fingerprint density at radius 2 is 1.71 bits per heavy atom. The third-order valence-electron chi connectivity index (χ3n) is 3.04. The van der Waals surface area contributed by atoms with Crippen LogP contribution in [-0.4, -0.2) is 10.6 Å². The highest BCUT2D eigenvalue weighted by atomic mass is 32.2. The van der Waals surface area contributed by atoms with Crippen LogP contribution in [0.3, 0.4) is 0 Å². The van der Waals surface area contributed by atoms with E-state index >= 15 is 0 Å². The van der Waals surface area contributed by atoms with Gasteiger partial charge in [0.25, 0.3) is 0 Å². The molecule has 0 amide bonds. The Balaban J connectivity index is 1.95. The molecule has 0 aliphatic rings. The zero-order chi connectivity index (χ0) is 15.3. The second-order valence-corrected chi connectivity index (χ2v) is 7.26. The van der Waals surface area contributed by atoms with E-state index in [1.54, 1.807) is 17.8 Å². The topological polar surface area (TPSA) is 32.3 Å². The Labute approximate surface area is 131 Å². The summed E-state index contributed by atoms with van der Waals surface area (Å²) in [6, 6.07) is 16.1. The van der Waals surface area contributed by atoms with E-state index in [9.17, 15) is 5.11 Å². The first kappa shape index (κ1) is 15.9. The van der Waals surface area contributed by atoms with Gasteiger partial charge in [-0.3, -0.25) is 0 Å². The van der Waals surface area contributed by atoms with Crippen LogP contribution in [0.1, 0.15) is 31.9 Å². The summed E-state index contributed by atoms with van der Waals surface area (Å²) in [4.78, 5) is 1.26. The number of rotatable bonds is 5. The first-order valence-electron chi connectivity index (χ1n) is 7.17. The molecular formula is C18H23NOS. The van der Waals surface area contributed by atoms with Gasteiger partial charge in [0.2, 0.25) is 0 Å². The van der Waals surface area contributed by atoms with Crippen molar-refractivity contribution >= 4 is 11.8 Å². The number of benzene rings is 2. The lowest BCUT2D eigenvalue weighted by Crippen LogP contribution is -2.35. The number of thioether (sulfide) groups is 1. The second kappa shape index (κ2) is 7.01. The molecule has 0 atom stereocenters. The molecule has 2 rings (SSSR count). The van der Waals surface area contributed by atoms with E-state index in [1.165, 1.54) is 10.5 Å². The van der Waals surface area contributed by atoms with Gasteiger partial charge in [0.15, 0.2) is 0 Å². The zero-order valence-electron chi connectivity index (χ0n) is 12.9. The van der Waals surface area contributed by atoms with Crippen LogP contribution in [0.25, 0.3) is 0 Å². The van der Waals surface area contributed by atoms with Gasteiger partial charge in [0, 0.05) is 22.7 Å². The molecule has 3 heteroatoms. The molecule has 0 saturated carbocycles. The van der Waals surface area contributed by atoms with Crippen molar-refractivity contribution in [1.82, 2.24) is 5.32 Å². The number of aromatic hydroxyl groups is 1. The number of hydrogen-bond donors (Lipinski definition) is 2. The van der Waals surface area contributed by atoms with E-state index in [0.29, 0.717) is 5.75 Å². The first-order chi connectivity index (χ1) is 9.92. The van der Waals surface area contributed by atoms with Crippen molar-refractivity contribution in [2.75, 3.05) is 0 Å². The van der Waals surface area contributed by atoms with Crippen LogP contribution in [0.15, 0.2) is 53.4 Å². The number of hydrogen-bond acceptors (Lipinski definition) is 3. The Morgan fingerprint density at radius 3 is 2.43 bits per heavy atom. The van der Waals surface area contributed by atoms with Crippen LogP contribution < -0.4 is 5.32 Å². The summed E-state index contributed by atoms with van der Waals surface area (Å²) in [6.45, 7) is 7.40. The third-order valence-corrected chi connectivity index (χ3v) is 4.10. The molecule has 0 radical (unpaired) electrons. The lowest BCUT2D eigenvalue weighted by molar-refractivity contribution is 0.424. The van der Waals surface area contributed by atoms with E-state index < -0.39 is 0 Å². The summed E-state index contributed by atoms with van der Waals surface area (Å²) in [5, 5.41) is 13.0. The summed E-state index contributed by atoms with van der Waals surface area (Å²) in [6.07, 6.45) is 0. The molecule has 112 valence electrons. The highest BCUT2D eigenvalue weighted by Gasteiger charge is 2.08. The molecule has 0 heterocycles. The molecule has 0 spiro atoms. The minimum absolute atomic E-state index is 0.130. The van der Waals surface area contributed by atoms with E-state index in [2.05, 4.69) is 50.4 Å². The normalized spacial score (nSPS) is 11.6. The molecule has 2 N–H and O–H groups in total. The second-order valence-electron chi connectivity index (χ2n) is 6.21. The summed E-state index contributed by atoms with van der Waals surface area (Å²) >= 11 is 1.79. The molecule has 0 fully saturated rings. The molecule has 0 saturated heterocycles. The Bertz CT molecular complexity index is 590. The molecular weight excluding hydrogens is 278 g/mol. The molecule has 2 aromatic rings. The maximum absolute atomic E-state index is 9.48. The number of nitrogens with one attached hydrogen (secondary N) is 1. The molecule has 0 aromatic heterocycles. The van der Waals surface area contributed by atoms with E-state index in [-0.39, 0.29) is 5.54 Å². The van der Waals surface area contributed by atoms with Crippen molar-refractivity contribution in [2.24, 2.45) is 0 Å². The van der Waals surface area contributed by atoms with Crippen molar-refractivity contribution in [3.8, 4) is 5.75 Å². The monoisotopic (exact) mass is 301 g/mol. The van der Waals surface area contributed by atoms with Crippen molar-refractivity contribution < 1.29 is 5.11 Å². The molecule has 0 unspecified atom stereocenters. The van der Waals surface area contributed by atoms with Crippen LogP contribution in [0.2, 0.25) is 0 Å². The van der Waals surface area contributed by atoms with Gasteiger partial charge < -0.3 is 10.4 Å². The van der Waals surface area contributed by atoms with Gasteiger partial charge >= 0.3 is 0 Å². The van der Waals surface area contributed by atoms with Crippen LogP contribution in [0, 0.1) is 0 Å². The van der Waals surface area contributed by atoms with Gasteiger partial charge in [-0.05, 0) is 56.2 Å². The highest BCUT2D eigenvalue weighted by Crippen LogP contribution is 2.25. The van der Waals surface area contributed by atoms with Gasteiger partial charge in [0.05, 0.1) is 0 Å². The molecule has 0 bridgehead atoms. The van der Waals surface area contributed by atoms with Gasteiger partial charge in [0.1, 0.15) is 5.75 Å². The van der Waals surface area contributed by atoms with Crippen molar-refractivity contribution in [3.63, 3.8) is 0 Å². The van der Waals surface area contributed by atoms with Crippen LogP contribution in [0.5, 0.6) is 5.75 Å². The van der Waals surface area contributed by atoms with Crippen molar-refractivity contribution in [2.45, 2.75) is 43.5 Å². The van der Waals surface area contributed by atoms with Crippen molar-refractivity contribution in [3.05, 3.63) is 59.7 Å². The molecule has 2 nitrogen and oxygen atoms in total. The average molecular weight is 301 g/mol. The summed E-state index contributed by atoms with van der Waals surface area (Å²) < 4.78 is 0. The average Bonchev–Trinajstić information content (AvgIpc) is 2.43. The van der Waals surface area contributed by atoms with Gasteiger partial charge in [-0.2, -0.15) is 0 Å². The van der Waals surface area contributed by atoms with Crippen molar-refractivity contribution in [1.29, 1.82) is 0 Å². The molecule has 2 aromatic carbocycles. The van der Waals surface area contributed by atoms with E-state index in [0.717, 1.165) is 17.9 Å². The van der Waals surface area contributed by atoms with E-state index in [4.69, 9.17) is 0 Å². The minimum Gasteiger partial charge on any atom is -0.508 e. The van der Waals surface area contributed by atoms with Crippen LogP contribution in [-0.2, 0) is 12.3 Å². The Morgan fingerprint density at radius 1 is 1.00 bits per heavy atom. The SMILES string of the molecule is CC(C)(C)NCc1cccc(SCc2cccc(O)c2)c1. The fraction of sp³-hybridized carbons (Fsp3) is 0.333. The minimum atomic E-state index is 0.130. The fourth-order valence-electron chi connectivity index (χ4n) is 1.93. The zero-order valence-corrected chi connectivity index (χ0v) is 13.7. The smallest absolute Gasteiger partial charge is 0.115 e. The summed E-state index contributed by atoms with van der Waals surface area (Å²) in [7, 11) is 0.